The smallest absolute Gasteiger partial charge is 0.312 e. The van der Waals surface area contributed by atoms with Gasteiger partial charge < -0.3 is 9.84 Å². The van der Waals surface area contributed by atoms with Crippen LogP contribution < -0.4 is 0 Å². The minimum atomic E-state index is -0.592. The first-order valence-electron chi connectivity index (χ1n) is 10.7. The van der Waals surface area contributed by atoms with Crippen LogP contribution in [0.3, 0.4) is 0 Å². The van der Waals surface area contributed by atoms with Crippen molar-refractivity contribution in [3.05, 3.63) is 0 Å². The standard InChI is InChI=1S/C23H40O3/c1-8-20(5,6)14-21(7,19(2,3)4)18(24)26-23-12-16-9-17(13-23)11-22(25,10-16)15-23/h16-17,25H,8-15H2,1-7H3. The van der Waals surface area contributed by atoms with Crippen molar-refractivity contribution >= 4 is 5.97 Å². The molecule has 0 aromatic heterocycles. The second kappa shape index (κ2) is 5.96. The maximum absolute atomic E-state index is 13.6. The van der Waals surface area contributed by atoms with Crippen LogP contribution in [0.1, 0.15) is 99.8 Å². The summed E-state index contributed by atoms with van der Waals surface area (Å²) in [5.41, 5.74) is -1.61. The zero-order chi connectivity index (χ0) is 19.6. The Morgan fingerprint density at radius 3 is 2.00 bits per heavy atom. The van der Waals surface area contributed by atoms with Crippen LogP contribution in [0.25, 0.3) is 0 Å². The van der Waals surface area contributed by atoms with E-state index in [4.69, 9.17) is 4.74 Å². The van der Waals surface area contributed by atoms with Crippen LogP contribution >= 0.6 is 0 Å². The number of hydrogen-bond donors (Lipinski definition) is 1. The first-order valence-corrected chi connectivity index (χ1v) is 10.7. The Kier molecular flexibility index (Phi) is 4.63. The van der Waals surface area contributed by atoms with E-state index in [1.54, 1.807) is 0 Å². The third-order valence-corrected chi connectivity index (χ3v) is 8.18. The largest absolute Gasteiger partial charge is 0.459 e. The van der Waals surface area contributed by atoms with E-state index in [1.165, 1.54) is 6.42 Å². The Labute approximate surface area is 160 Å². The van der Waals surface area contributed by atoms with Gasteiger partial charge in [-0.2, -0.15) is 0 Å². The van der Waals surface area contributed by atoms with Crippen molar-refractivity contribution < 1.29 is 14.6 Å². The molecule has 4 fully saturated rings. The molecule has 3 atom stereocenters. The fourth-order valence-electron chi connectivity index (χ4n) is 6.29. The predicted octanol–water partition coefficient (Wildman–Crippen LogP) is 5.49. The number of rotatable bonds is 5. The fourth-order valence-corrected chi connectivity index (χ4v) is 6.29. The molecule has 4 saturated carbocycles. The van der Waals surface area contributed by atoms with Gasteiger partial charge in [0.1, 0.15) is 5.60 Å². The Hall–Kier alpha value is -0.570. The molecule has 4 aliphatic carbocycles. The summed E-state index contributed by atoms with van der Waals surface area (Å²) < 4.78 is 6.40. The van der Waals surface area contributed by atoms with Gasteiger partial charge in [0.05, 0.1) is 11.0 Å². The Bertz CT molecular complexity index is 556. The van der Waals surface area contributed by atoms with Crippen LogP contribution in [0, 0.1) is 28.1 Å². The van der Waals surface area contributed by atoms with Crippen LogP contribution in [0.4, 0.5) is 0 Å². The van der Waals surface area contributed by atoms with Gasteiger partial charge in [-0.05, 0) is 68.1 Å². The van der Waals surface area contributed by atoms with Crippen molar-refractivity contribution in [1.29, 1.82) is 0 Å². The van der Waals surface area contributed by atoms with Crippen LogP contribution in [0.5, 0.6) is 0 Å². The first kappa shape index (κ1) is 20.2. The molecule has 3 unspecified atom stereocenters. The van der Waals surface area contributed by atoms with Gasteiger partial charge in [0.15, 0.2) is 0 Å². The lowest BCUT2D eigenvalue weighted by molar-refractivity contribution is -0.230. The highest BCUT2D eigenvalue weighted by molar-refractivity contribution is 5.78. The van der Waals surface area contributed by atoms with Crippen LogP contribution in [0.2, 0.25) is 0 Å². The SMILES string of the molecule is CCC(C)(C)CC(C)(C(=O)OC12CC3CC(CC(O)(C3)C1)C2)C(C)(C)C. The van der Waals surface area contributed by atoms with E-state index < -0.39 is 16.6 Å². The molecule has 26 heavy (non-hydrogen) atoms. The van der Waals surface area contributed by atoms with Gasteiger partial charge in [0.25, 0.3) is 0 Å². The number of carbonyl (C=O) groups is 1. The third-order valence-electron chi connectivity index (χ3n) is 8.18. The van der Waals surface area contributed by atoms with E-state index in [-0.39, 0.29) is 16.8 Å². The lowest BCUT2D eigenvalue weighted by atomic mass is 9.52. The number of aliphatic hydroxyl groups is 1. The normalized spacial score (nSPS) is 38.9. The summed E-state index contributed by atoms with van der Waals surface area (Å²) in [6, 6.07) is 0. The van der Waals surface area contributed by atoms with Gasteiger partial charge in [-0.1, -0.05) is 48.0 Å². The maximum atomic E-state index is 13.6. The molecule has 0 aliphatic heterocycles. The summed E-state index contributed by atoms with van der Waals surface area (Å²) in [7, 11) is 0. The highest BCUT2D eigenvalue weighted by atomic mass is 16.6. The molecule has 3 nitrogen and oxygen atoms in total. The van der Waals surface area contributed by atoms with Crippen LogP contribution in [-0.2, 0) is 9.53 Å². The molecular weight excluding hydrogens is 324 g/mol. The van der Waals surface area contributed by atoms with E-state index in [0.29, 0.717) is 18.3 Å². The van der Waals surface area contributed by atoms with Crippen molar-refractivity contribution in [2.24, 2.45) is 28.1 Å². The van der Waals surface area contributed by atoms with Gasteiger partial charge in [-0.15, -0.1) is 0 Å². The number of esters is 1. The zero-order valence-electron chi connectivity index (χ0n) is 18.1. The molecule has 0 radical (unpaired) electrons. The summed E-state index contributed by atoms with van der Waals surface area (Å²) in [5.74, 6) is 1.01. The number of ether oxygens (including phenoxy) is 1. The third kappa shape index (κ3) is 3.45. The van der Waals surface area contributed by atoms with Gasteiger partial charge in [0, 0.05) is 6.42 Å². The van der Waals surface area contributed by atoms with Crippen LogP contribution in [-0.4, -0.2) is 22.3 Å². The lowest BCUT2D eigenvalue weighted by Gasteiger charge is -2.60. The van der Waals surface area contributed by atoms with Crippen molar-refractivity contribution in [2.45, 2.75) is 111 Å². The summed E-state index contributed by atoms with van der Waals surface area (Å²) in [6.07, 6.45) is 7.44. The minimum Gasteiger partial charge on any atom is -0.459 e. The van der Waals surface area contributed by atoms with Crippen LogP contribution in [0.15, 0.2) is 0 Å². The molecule has 4 bridgehead atoms. The lowest BCUT2D eigenvalue weighted by Crippen LogP contribution is -2.61. The highest BCUT2D eigenvalue weighted by Crippen LogP contribution is 2.60. The first-order chi connectivity index (χ1) is 11.7. The van der Waals surface area contributed by atoms with E-state index in [1.807, 2.05) is 0 Å². The average molecular weight is 365 g/mol. The summed E-state index contributed by atoms with van der Waals surface area (Å²) >= 11 is 0. The Morgan fingerprint density at radius 2 is 1.58 bits per heavy atom. The quantitative estimate of drug-likeness (QED) is 0.656. The highest BCUT2D eigenvalue weighted by Gasteiger charge is 2.60. The van der Waals surface area contributed by atoms with E-state index in [0.717, 1.165) is 38.5 Å². The van der Waals surface area contributed by atoms with E-state index in [9.17, 15) is 9.90 Å². The summed E-state index contributed by atoms with van der Waals surface area (Å²) in [4.78, 5) is 13.6. The monoisotopic (exact) mass is 364 g/mol. The number of hydrogen-bond acceptors (Lipinski definition) is 3. The van der Waals surface area contributed by atoms with Gasteiger partial charge in [-0.25, -0.2) is 0 Å². The molecule has 0 aromatic rings. The Morgan fingerprint density at radius 1 is 1.04 bits per heavy atom. The summed E-state index contributed by atoms with van der Waals surface area (Å²) in [6.45, 7) is 15.3. The van der Waals surface area contributed by atoms with Crippen molar-refractivity contribution in [3.63, 3.8) is 0 Å². The van der Waals surface area contributed by atoms with E-state index in [2.05, 4.69) is 48.5 Å². The molecule has 4 rings (SSSR count). The second-order valence-electron chi connectivity index (χ2n) is 12.0. The average Bonchev–Trinajstić information content (AvgIpc) is 2.42. The molecule has 0 heterocycles. The molecular formula is C23H40O3. The Balaban J connectivity index is 1.85. The molecule has 150 valence electrons. The molecule has 0 aromatic carbocycles. The molecule has 4 aliphatic rings. The fraction of sp³-hybridized carbons (Fsp3) is 0.957. The van der Waals surface area contributed by atoms with Gasteiger partial charge in [0.2, 0.25) is 0 Å². The molecule has 0 spiro atoms. The summed E-state index contributed by atoms with van der Waals surface area (Å²) in [5, 5.41) is 11.0. The zero-order valence-corrected chi connectivity index (χ0v) is 18.1. The second-order valence-corrected chi connectivity index (χ2v) is 12.0. The van der Waals surface area contributed by atoms with E-state index >= 15 is 0 Å². The molecule has 0 saturated heterocycles. The predicted molar refractivity (Wildman–Crippen MR) is 105 cm³/mol. The van der Waals surface area contributed by atoms with Gasteiger partial charge in [-0.3, -0.25) is 4.79 Å². The van der Waals surface area contributed by atoms with Crippen molar-refractivity contribution in [2.75, 3.05) is 0 Å². The topological polar surface area (TPSA) is 46.5 Å². The van der Waals surface area contributed by atoms with Crippen molar-refractivity contribution in [1.82, 2.24) is 0 Å². The molecule has 0 amide bonds. The molecule has 3 heteroatoms. The molecule has 1 N–H and O–H groups in total. The number of carbonyl (C=O) groups excluding carboxylic acids is 1. The van der Waals surface area contributed by atoms with Gasteiger partial charge >= 0.3 is 5.97 Å². The maximum Gasteiger partial charge on any atom is 0.312 e. The van der Waals surface area contributed by atoms with Crippen molar-refractivity contribution in [3.8, 4) is 0 Å². The minimum absolute atomic E-state index is 0.0444.